The van der Waals surface area contributed by atoms with Crippen LogP contribution in [-0.4, -0.2) is 30.8 Å². The number of carbonyl (C=O) groups is 1. The first-order valence-electron chi connectivity index (χ1n) is 9.32. The second kappa shape index (κ2) is 9.57. The van der Waals surface area contributed by atoms with Crippen LogP contribution in [-0.2, 0) is 4.79 Å². The van der Waals surface area contributed by atoms with Crippen molar-refractivity contribution in [1.82, 2.24) is 5.43 Å². The fraction of sp³-hybridized carbons (Fsp3) is 0.182. The molecule has 31 heavy (non-hydrogen) atoms. The van der Waals surface area contributed by atoms with Crippen LogP contribution in [0.25, 0.3) is 11.3 Å². The number of hydrogen-bond acceptors (Lipinski definition) is 7. The molecule has 3 aromatic rings. The molecule has 1 aromatic heterocycles. The van der Waals surface area contributed by atoms with Crippen LogP contribution in [0.5, 0.6) is 11.5 Å². The van der Waals surface area contributed by atoms with Gasteiger partial charge in [0.25, 0.3) is 11.6 Å². The molecule has 0 spiro atoms. The van der Waals surface area contributed by atoms with Crippen molar-refractivity contribution in [3.05, 3.63) is 75.5 Å². The fourth-order valence-electron chi connectivity index (χ4n) is 2.79. The third kappa shape index (κ3) is 5.27. The standard InChI is InChI=1S/C22H21N3O6/c1-14-5-4-6-19(15(14)2)30-13-22(26)24-23-12-17-8-10-20(31-17)18-9-7-16(25(27)28)11-21(18)29-3/h4-12H,13H2,1-3H3,(H,24,26)/b23-12+. The average molecular weight is 423 g/mol. The van der Waals surface area contributed by atoms with Gasteiger partial charge in [0.05, 0.1) is 29.9 Å². The Hall–Kier alpha value is -4.14. The van der Waals surface area contributed by atoms with Gasteiger partial charge in [0, 0.05) is 6.07 Å². The number of benzene rings is 2. The Morgan fingerprint density at radius 1 is 1.19 bits per heavy atom. The van der Waals surface area contributed by atoms with Crippen LogP contribution < -0.4 is 14.9 Å². The topological polar surface area (TPSA) is 116 Å². The highest BCUT2D eigenvalue weighted by atomic mass is 16.6. The van der Waals surface area contributed by atoms with E-state index in [-0.39, 0.29) is 12.3 Å². The molecular weight excluding hydrogens is 402 g/mol. The molecule has 0 saturated carbocycles. The first kappa shape index (κ1) is 21.6. The van der Waals surface area contributed by atoms with Crippen LogP contribution in [0.1, 0.15) is 16.9 Å². The number of nitrogens with zero attached hydrogens (tertiary/aromatic N) is 2. The van der Waals surface area contributed by atoms with Crippen molar-refractivity contribution >= 4 is 17.8 Å². The first-order valence-corrected chi connectivity index (χ1v) is 9.32. The predicted molar refractivity (Wildman–Crippen MR) is 114 cm³/mol. The van der Waals surface area contributed by atoms with Crippen LogP contribution in [0.2, 0.25) is 0 Å². The number of amides is 1. The summed E-state index contributed by atoms with van der Waals surface area (Å²) in [7, 11) is 1.42. The molecule has 0 unspecified atom stereocenters. The van der Waals surface area contributed by atoms with E-state index in [0.29, 0.717) is 28.6 Å². The Labute approximate surface area is 178 Å². The molecule has 0 bridgehead atoms. The number of nitrogens with one attached hydrogen (secondary N) is 1. The normalized spacial score (nSPS) is 10.8. The molecule has 0 aliphatic carbocycles. The molecule has 0 aliphatic heterocycles. The van der Waals surface area contributed by atoms with Crippen molar-refractivity contribution in [1.29, 1.82) is 0 Å². The van der Waals surface area contributed by atoms with E-state index in [9.17, 15) is 14.9 Å². The molecule has 160 valence electrons. The van der Waals surface area contributed by atoms with Crippen molar-refractivity contribution in [3.63, 3.8) is 0 Å². The van der Waals surface area contributed by atoms with E-state index in [1.807, 2.05) is 26.0 Å². The summed E-state index contributed by atoms with van der Waals surface area (Å²) in [6.45, 7) is 3.72. The number of hydrogen-bond donors (Lipinski definition) is 1. The Morgan fingerprint density at radius 2 is 2.00 bits per heavy atom. The van der Waals surface area contributed by atoms with E-state index in [4.69, 9.17) is 13.9 Å². The van der Waals surface area contributed by atoms with Crippen molar-refractivity contribution < 1.29 is 23.6 Å². The summed E-state index contributed by atoms with van der Waals surface area (Å²) < 4.78 is 16.4. The van der Waals surface area contributed by atoms with Gasteiger partial charge in [-0.2, -0.15) is 5.10 Å². The van der Waals surface area contributed by atoms with Gasteiger partial charge in [-0.25, -0.2) is 5.43 Å². The second-order valence-electron chi connectivity index (χ2n) is 6.62. The van der Waals surface area contributed by atoms with Gasteiger partial charge in [-0.1, -0.05) is 12.1 Å². The van der Waals surface area contributed by atoms with Gasteiger partial charge in [-0.15, -0.1) is 0 Å². The maximum atomic E-state index is 11.9. The summed E-state index contributed by atoms with van der Waals surface area (Å²) in [6.07, 6.45) is 1.34. The highest BCUT2D eigenvalue weighted by Crippen LogP contribution is 2.34. The van der Waals surface area contributed by atoms with Crippen molar-refractivity contribution in [2.24, 2.45) is 5.10 Å². The van der Waals surface area contributed by atoms with E-state index in [0.717, 1.165) is 11.1 Å². The minimum absolute atomic E-state index is 0.0836. The average Bonchev–Trinajstić information content (AvgIpc) is 3.23. The molecule has 9 nitrogen and oxygen atoms in total. The molecule has 0 saturated heterocycles. The van der Waals surface area contributed by atoms with Crippen LogP contribution in [0.4, 0.5) is 5.69 Å². The number of furan rings is 1. The van der Waals surface area contributed by atoms with Gasteiger partial charge in [-0.3, -0.25) is 14.9 Å². The molecule has 0 fully saturated rings. The van der Waals surface area contributed by atoms with Gasteiger partial charge in [0.1, 0.15) is 23.0 Å². The largest absolute Gasteiger partial charge is 0.496 e. The van der Waals surface area contributed by atoms with Gasteiger partial charge in [0.15, 0.2) is 6.61 Å². The van der Waals surface area contributed by atoms with Crippen molar-refractivity contribution in [2.45, 2.75) is 13.8 Å². The lowest BCUT2D eigenvalue weighted by Gasteiger charge is -2.09. The zero-order valence-electron chi connectivity index (χ0n) is 17.2. The molecule has 1 amide bonds. The lowest BCUT2D eigenvalue weighted by atomic mass is 10.1. The molecule has 1 N–H and O–H groups in total. The Morgan fingerprint density at radius 3 is 2.74 bits per heavy atom. The monoisotopic (exact) mass is 423 g/mol. The molecule has 0 aliphatic rings. The summed E-state index contributed by atoms with van der Waals surface area (Å²) in [5.74, 6) is 1.36. The van der Waals surface area contributed by atoms with Gasteiger partial charge in [-0.05, 0) is 49.2 Å². The number of aryl methyl sites for hydroxylation is 1. The van der Waals surface area contributed by atoms with E-state index in [2.05, 4.69) is 10.5 Å². The summed E-state index contributed by atoms with van der Waals surface area (Å²) in [5.41, 5.74) is 4.90. The Kier molecular flexibility index (Phi) is 6.66. The minimum Gasteiger partial charge on any atom is -0.496 e. The number of non-ortho nitro benzene ring substituents is 1. The lowest BCUT2D eigenvalue weighted by molar-refractivity contribution is -0.384. The molecule has 3 rings (SSSR count). The van der Waals surface area contributed by atoms with Gasteiger partial charge >= 0.3 is 0 Å². The zero-order chi connectivity index (χ0) is 22.4. The predicted octanol–water partition coefficient (Wildman–Crippen LogP) is 4.01. The van der Waals surface area contributed by atoms with E-state index in [1.165, 1.54) is 25.5 Å². The minimum atomic E-state index is -0.501. The summed E-state index contributed by atoms with van der Waals surface area (Å²) >= 11 is 0. The highest BCUT2D eigenvalue weighted by Gasteiger charge is 2.15. The summed E-state index contributed by atoms with van der Waals surface area (Å²) in [5, 5.41) is 14.8. The lowest BCUT2D eigenvalue weighted by Crippen LogP contribution is -2.24. The fourth-order valence-corrected chi connectivity index (χ4v) is 2.79. The molecule has 9 heteroatoms. The number of carbonyl (C=O) groups excluding carboxylic acids is 1. The maximum Gasteiger partial charge on any atom is 0.277 e. The van der Waals surface area contributed by atoms with E-state index >= 15 is 0 Å². The second-order valence-corrected chi connectivity index (χ2v) is 6.62. The maximum absolute atomic E-state index is 11.9. The number of ether oxygens (including phenoxy) is 2. The van der Waals surface area contributed by atoms with Crippen molar-refractivity contribution in [2.75, 3.05) is 13.7 Å². The van der Waals surface area contributed by atoms with E-state index in [1.54, 1.807) is 24.3 Å². The van der Waals surface area contributed by atoms with E-state index < -0.39 is 10.8 Å². The third-order valence-corrected chi connectivity index (χ3v) is 4.58. The zero-order valence-corrected chi connectivity index (χ0v) is 17.2. The first-order chi connectivity index (χ1) is 14.9. The SMILES string of the molecule is COc1cc([N+](=O)[O-])ccc1-c1ccc(/C=N/NC(=O)COc2cccc(C)c2C)o1. The number of methoxy groups -OCH3 is 1. The van der Waals surface area contributed by atoms with Crippen LogP contribution in [0.15, 0.2) is 58.0 Å². The molecule has 2 aromatic carbocycles. The highest BCUT2D eigenvalue weighted by molar-refractivity contribution is 5.82. The van der Waals surface area contributed by atoms with Crippen molar-refractivity contribution in [3.8, 4) is 22.8 Å². The summed E-state index contributed by atoms with van der Waals surface area (Å²) in [6, 6.07) is 13.2. The Bertz CT molecular complexity index is 1140. The van der Waals surface area contributed by atoms with Crippen LogP contribution in [0, 0.1) is 24.0 Å². The third-order valence-electron chi connectivity index (χ3n) is 4.58. The smallest absolute Gasteiger partial charge is 0.277 e. The number of nitro groups is 1. The summed E-state index contributed by atoms with van der Waals surface area (Å²) in [4.78, 5) is 22.4. The number of rotatable bonds is 8. The molecule has 0 atom stereocenters. The quantitative estimate of drug-likeness (QED) is 0.332. The Balaban J connectivity index is 1.60. The molecule has 0 radical (unpaired) electrons. The number of nitro benzene ring substituents is 1. The van der Waals surface area contributed by atoms with Crippen LogP contribution >= 0.6 is 0 Å². The van der Waals surface area contributed by atoms with Gasteiger partial charge in [0.2, 0.25) is 0 Å². The van der Waals surface area contributed by atoms with Gasteiger partial charge < -0.3 is 13.9 Å². The number of hydrazone groups is 1. The molecule has 1 heterocycles. The van der Waals surface area contributed by atoms with Crippen LogP contribution in [0.3, 0.4) is 0 Å². The molecular formula is C22H21N3O6.